The van der Waals surface area contributed by atoms with Crippen molar-refractivity contribution in [1.82, 2.24) is 15.1 Å². The first-order valence-corrected chi connectivity index (χ1v) is 20.0. The van der Waals surface area contributed by atoms with Crippen molar-refractivity contribution in [2.75, 3.05) is 13.6 Å². The summed E-state index contributed by atoms with van der Waals surface area (Å²) in [6.45, 7) is 4.72. The van der Waals surface area contributed by atoms with Crippen LogP contribution in [0.3, 0.4) is 0 Å². The van der Waals surface area contributed by atoms with Gasteiger partial charge in [-0.05, 0) is 65.0 Å². The predicted octanol–water partition coefficient (Wildman–Crippen LogP) is 7.25. The molecule has 2 heterocycles. The number of nitrogens with zero attached hydrogens (tertiary/aromatic N) is 2. The number of aliphatic hydroxyl groups is 2. The number of rotatable bonds is 14. The Hall–Kier alpha value is -5.69. The first-order valence-electron chi connectivity index (χ1n) is 20.0. The van der Waals surface area contributed by atoms with Crippen LogP contribution in [-0.2, 0) is 43.6 Å². The van der Waals surface area contributed by atoms with Crippen molar-refractivity contribution >= 4 is 17.9 Å². The minimum atomic E-state index is -0.999. The largest absolute Gasteiger partial charge is 0.445 e. The fourth-order valence-electron chi connectivity index (χ4n) is 7.71. The maximum absolute atomic E-state index is 13.3. The van der Waals surface area contributed by atoms with Crippen LogP contribution in [0.4, 0.5) is 4.79 Å². The highest BCUT2D eigenvalue weighted by Crippen LogP contribution is 2.43. The monoisotopic (exact) mass is 797 g/mol. The van der Waals surface area contributed by atoms with Crippen molar-refractivity contribution in [3.63, 3.8) is 0 Å². The lowest BCUT2D eigenvalue weighted by Gasteiger charge is -2.43. The molecule has 306 valence electrons. The van der Waals surface area contributed by atoms with Gasteiger partial charge in [0.05, 0.1) is 37.9 Å². The molecule has 0 spiro atoms. The predicted molar refractivity (Wildman–Crippen MR) is 222 cm³/mol. The van der Waals surface area contributed by atoms with E-state index in [9.17, 15) is 24.6 Å². The Bertz CT molecular complexity index is 2200. The summed E-state index contributed by atoms with van der Waals surface area (Å²) in [5.41, 5.74) is 6.80. The van der Waals surface area contributed by atoms with E-state index in [0.29, 0.717) is 6.54 Å². The molecule has 59 heavy (non-hydrogen) atoms. The van der Waals surface area contributed by atoms with Gasteiger partial charge in [0.2, 0.25) is 5.91 Å². The smallest absolute Gasteiger partial charge is 0.408 e. The van der Waals surface area contributed by atoms with Crippen LogP contribution in [0.25, 0.3) is 11.1 Å². The lowest BCUT2D eigenvalue weighted by Crippen LogP contribution is -2.46. The number of hydrogen-bond donors (Lipinski definition) is 3. The molecule has 2 saturated heterocycles. The summed E-state index contributed by atoms with van der Waals surface area (Å²) in [4.78, 5) is 42.1. The molecule has 0 aromatic heterocycles. The lowest BCUT2D eigenvalue weighted by molar-refractivity contribution is -0.276. The summed E-state index contributed by atoms with van der Waals surface area (Å²) in [6.07, 6.45) is -2.89. The third-order valence-corrected chi connectivity index (χ3v) is 11.4. The topological polar surface area (TPSA) is 138 Å². The van der Waals surface area contributed by atoms with Gasteiger partial charge >= 0.3 is 6.09 Å². The van der Waals surface area contributed by atoms with Gasteiger partial charge < -0.3 is 29.7 Å². The van der Waals surface area contributed by atoms with Crippen LogP contribution in [0, 0.1) is 5.92 Å². The van der Waals surface area contributed by atoms with E-state index in [2.05, 4.69) is 17.1 Å². The zero-order valence-electron chi connectivity index (χ0n) is 33.5. The average Bonchev–Trinajstić information content (AvgIpc) is 3.53. The normalized spacial score (nSPS) is 21.7. The van der Waals surface area contributed by atoms with Crippen molar-refractivity contribution in [3.8, 4) is 11.1 Å². The molecule has 0 radical (unpaired) electrons. The van der Waals surface area contributed by atoms with Crippen LogP contribution in [0.15, 0.2) is 133 Å². The van der Waals surface area contributed by atoms with Crippen molar-refractivity contribution in [1.29, 1.82) is 0 Å². The molecule has 0 aliphatic carbocycles. The molecule has 11 heteroatoms. The van der Waals surface area contributed by atoms with Crippen LogP contribution >= 0.6 is 0 Å². The second-order valence-corrected chi connectivity index (χ2v) is 15.5. The van der Waals surface area contributed by atoms with E-state index in [1.165, 1.54) is 4.90 Å². The Balaban J connectivity index is 1.06. The van der Waals surface area contributed by atoms with Gasteiger partial charge in [0.25, 0.3) is 5.91 Å². The molecule has 7 atom stereocenters. The highest BCUT2D eigenvalue weighted by molar-refractivity contribution is 6.06. The average molecular weight is 798 g/mol. The molecular weight excluding hydrogens is 747 g/mol. The van der Waals surface area contributed by atoms with Gasteiger partial charge in [0, 0.05) is 24.1 Å². The molecule has 2 fully saturated rings. The summed E-state index contributed by atoms with van der Waals surface area (Å²) in [5, 5.41) is 23.5. The zero-order chi connectivity index (χ0) is 41.5. The summed E-state index contributed by atoms with van der Waals surface area (Å²) >= 11 is 0. The van der Waals surface area contributed by atoms with Crippen molar-refractivity contribution < 1.29 is 38.8 Å². The maximum Gasteiger partial charge on any atom is 0.408 e. The number of likely N-dealkylation sites (tertiary alicyclic amines) is 1. The Morgan fingerprint density at radius 3 is 2.20 bits per heavy atom. The quantitative estimate of drug-likeness (QED) is 0.0993. The van der Waals surface area contributed by atoms with Gasteiger partial charge in [-0.15, -0.1) is 0 Å². The SMILES string of the molecule is C[C@@H]1[C@H](CN(C)[C@@H](C)[C@H](O)c2ccccc2)O[C@H](c2cccc(-c3cccc(CN4C(=O)CC(NC(=O)OCc5ccccc5)C4=O)c3)c2)O[C@@H]1c1ccc(CO)cc1. The molecule has 3 amide bonds. The van der Waals surface area contributed by atoms with Crippen LogP contribution in [0.1, 0.15) is 72.1 Å². The van der Waals surface area contributed by atoms with E-state index >= 15 is 0 Å². The van der Waals surface area contributed by atoms with Gasteiger partial charge in [-0.3, -0.25) is 19.4 Å². The summed E-state index contributed by atoms with van der Waals surface area (Å²) in [6, 6.07) is 41.1. The van der Waals surface area contributed by atoms with E-state index in [-0.39, 0.29) is 56.3 Å². The number of benzene rings is 5. The van der Waals surface area contributed by atoms with Crippen molar-refractivity contribution in [3.05, 3.63) is 167 Å². The molecule has 3 N–H and O–H groups in total. The second-order valence-electron chi connectivity index (χ2n) is 15.5. The van der Waals surface area contributed by atoms with Crippen molar-refractivity contribution in [2.24, 2.45) is 5.92 Å². The number of hydrogen-bond acceptors (Lipinski definition) is 9. The Morgan fingerprint density at radius 2 is 1.49 bits per heavy atom. The number of imide groups is 1. The van der Waals surface area contributed by atoms with E-state index in [4.69, 9.17) is 14.2 Å². The van der Waals surface area contributed by atoms with Gasteiger partial charge in [0.15, 0.2) is 6.29 Å². The first kappa shape index (κ1) is 41.5. The van der Waals surface area contributed by atoms with Crippen LogP contribution in [0.5, 0.6) is 0 Å². The number of ether oxygens (including phenoxy) is 3. The number of carbonyl (C=O) groups excluding carboxylic acids is 3. The van der Waals surface area contributed by atoms with E-state index in [0.717, 1.165) is 44.5 Å². The number of likely N-dealkylation sites (N-methyl/N-ethyl adjacent to an activating group) is 1. The molecule has 0 bridgehead atoms. The van der Waals surface area contributed by atoms with Gasteiger partial charge in [-0.25, -0.2) is 4.79 Å². The Labute approximate surface area is 345 Å². The molecule has 0 saturated carbocycles. The molecule has 2 aliphatic rings. The van der Waals surface area contributed by atoms with Crippen LogP contribution < -0.4 is 5.32 Å². The number of alkyl carbamates (subject to hydrolysis) is 1. The minimum absolute atomic E-state index is 0.0502. The van der Waals surface area contributed by atoms with Crippen LogP contribution in [-0.4, -0.2) is 69.7 Å². The third kappa shape index (κ3) is 9.96. The van der Waals surface area contributed by atoms with Crippen LogP contribution in [0.2, 0.25) is 0 Å². The molecule has 11 nitrogen and oxygen atoms in total. The second kappa shape index (κ2) is 18.9. The molecular formula is C48H51N3O8. The Kier molecular flexibility index (Phi) is 13.3. The van der Waals surface area contributed by atoms with Gasteiger partial charge in [-0.1, -0.05) is 128 Å². The molecule has 5 aromatic rings. The molecule has 1 unspecified atom stereocenters. The lowest BCUT2D eigenvalue weighted by atomic mass is 9.89. The molecule has 5 aromatic carbocycles. The number of nitrogens with one attached hydrogen (secondary N) is 1. The van der Waals surface area contributed by atoms with Crippen molar-refractivity contribution in [2.45, 2.75) is 76.7 Å². The number of aliphatic hydroxyl groups excluding tert-OH is 2. The fraction of sp³-hybridized carbons (Fsp3) is 0.312. The number of carbonyl (C=O) groups is 3. The van der Waals surface area contributed by atoms with Gasteiger partial charge in [-0.2, -0.15) is 0 Å². The summed E-state index contributed by atoms with van der Waals surface area (Å²) in [5.74, 6) is -0.911. The zero-order valence-corrected chi connectivity index (χ0v) is 33.5. The molecule has 7 rings (SSSR count). The standard InChI is InChI=1S/C48H51N3O8/c1-31-42(28-50(3)32(2)44(54)36-15-8-5-9-16-36)58-47(59-45(31)37-22-20-33(29-52)21-23-37)40-19-11-18-39(25-40)38-17-10-14-35(24-38)27-51-43(53)26-41(46(51)55)49-48(56)57-30-34-12-6-4-7-13-34/h4-25,31-32,41-42,44-45,47,52,54H,26-30H2,1-3H3,(H,49,56)/t31-,32+,41?,42+,44+,45+,47+/m1/s1. The third-order valence-electron chi connectivity index (χ3n) is 11.4. The maximum atomic E-state index is 13.3. The Morgan fingerprint density at radius 1 is 0.831 bits per heavy atom. The molecule has 2 aliphatic heterocycles. The fourth-order valence-corrected chi connectivity index (χ4v) is 7.71. The van der Waals surface area contributed by atoms with E-state index < -0.39 is 30.4 Å². The highest BCUT2D eigenvalue weighted by atomic mass is 16.7. The first-order chi connectivity index (χ1) is 28.6. The number of amides is 3. The van der Waals surface area contributed by atoms with E-state index in [1.54, 1.807) is 0 Å². The van der Waals surface area contributed by atoms with E-state index in [1.807, 2.05) is 147 Å². The highest BCUT2D eigenvalue weighted by Gasteiger charge is 2.41. The summed E-state index contributed by atoms with van der Waals surface area (Å²) < 4.78 is 18.8. The van der Waals surface area contributed by atoms with Gasteiger partial charge in [0.1, 0.15) is 12.6 Å². The minimum Gasteiger partial charge on any atom is -0.445 e. The summed E-state index contributed by atoms with van der Waals surface area (Å²) in [7, 11) is 2.00.